The minimum absolute atomic E-state index is 0. The van der Waals surface area contributed by atoms with Gasteiger partial charge in [0.1, 0.15) is 0 Å². The lowest BCUT2D eigenvalue weighted by Gasteiger charge is -2.30. The van der Waals surface area contributed by atoms with Gasteiger partial charge >= 0.3 is 0 Å². The van der Waals surface area contributed by atoms with E-state index in [1.807, 2.05) is 13.1 Å². The molecule has 24 heavy (non-hydrogen) atoms. The Bertz CT molecular complexity index is 477. The molecule has 0 amide bonds. The summed E-state index contributed by atoms with van der Waals surface area (Å²) in [6.45, 7) is 9.01. The number of nitrogens with one attached hydrogen (secondary N) is 1. The van der Waals surface area contributed by atoms with Crippen LogP contribution in [-0.2, 0) is 11.3 Å². The maximum Gasteiger partial charge on any atom is 0.193 e. The first kappa shape index (κ1) is 21.2. The van der Waals surface area contributed by atoms with Gasteiger partial charge in [0, 0.05) is 46.8 Å². The lowest BCUT2D eigenvalue weighted by atomic mass is 10.1. The zero-order chi connectivity index (χ0) is 16.5. The van der Waals surface area contributed by atoms with Crippen molar-refractivity contribution in [3.05, 3.63) is 35.9 Å². The van der Waals surface area contributed by atoms with Crippen LogP contribution in [0.2, 0.25) is 0 Å². The van der Waals surface area contributed by atoms with Gasteiger partial charge in [0.05, 0.1) is 13.2 Å². The molecule has 0 spiro atoms. The van der Waals surface area contributed by atoms with Crippen molar-refractivity contribution in [2.24, 2.45) is 10.9 Å². The summed E-state index contributed by atoms with van der Waals surface area (Å²) < 4.78 is 5.40. The predicted octanol–water partition coefficient (Wildman–Crippen LogP) is 2.28. The average Bonchev–Trinajstić information content (AvgIpc) is 2.57. The number of ether oxygens (including phenoxy) is 1. The van der Waals surface area contributed by atoms with E-state index in [9.17, 15) is 0 Å². The highest BCUT2D eigenvalue weighted by Crippen LogP contribution is 2.05. The highest BCUT2D eigenvalue weighted by atomic mass is 127. The van der Waals surface area contributed by atoms with Crippen LogP contribution >= 0.6 is 24.0 Å². The van der Waals surface area contributed by atoms with Gasteiger partial charge < -0.3 is 15.0 Å². The average molecular weight is 446 g/mol. The quantitative estimate of drug-likeness (QED) is 0.414. The molecule has 1 saturated heterocycles. The molecule has 1 N–H and O–H groups in total. The Morgan fingerprint density at radius 1 is 1.29 bits per heavy atom. The number of halogens is 1. The molecule has 1 aromatic rings. The van der Waals surface area contributed by atoms with Gasteiger partial charge in [0.15, 0.2) is 5.96 Å². The summed E-state index contributed by atoms with van der Waals surface area (Å²) in [4.78, 5) is 9.04. The number of rotatable bonds is 6. The second kappa shape index (κ2) is 11.7. The van der Waals surface area contributed by atoms with E-state index in [1.54, 1.807) is 0 Å². The van der Waals surface area contributed by atoms with E-state index in [2.05, 4.69) is 58.3 Å². The predicted molar refractivity (Wildman–Crippen MR) is 111 cm³/mol. The number of nitrogens with zero attached hydrogens (tertiary/aromatic N) is 3. The third-order valence-electron chi connectivity index (χ3n) is 4.12. The van der Waals surface area contributed by atoms with Crippen LogP contribution in [0.4, 0.5) is 0 Å². The maximum absolute atomic E-state index is 5.40. The molecule has 5 nitrogen and oxygen atoms in total. The number of aliphatic imine (C=N–C) groups is 1. The Labute approximate surface area is 163 Å². The van der Waals surface area contributed by atoms with E-state index < -0.39 is 0 Å². The molecule has 2 rings (SSSR count). The first-order chi connectivity index (χ1) is 11.2. The zero-order valence-electron chi connectivity index (χ0n) is 15.1. The van der Waals surface area contributed by atoms with E-state index in [1.165, 1.54) is 5.56 Å². The SMILES string of the molecule is CN=C(NCC(C)CN1CCOCC1)N(C)Cc1ccccc1.I. The van der Waals surface area contributed by atoms with Crippen molar-refractivity contribution < 1.29 is 4.74 Å². The van der Waals surface area contributed by atoms with E-state index >= 15 is 0 Å². The molecule has 1 aliphatic rings. The maximum atomic E-state index is 5.40. The zero-order valence-corrected chi connectivity index (χ0v) is 17.4. The molecule has 6 heteroatoms. The normalized spacial score (nSPS) is 17.0. The van der Waals surface area contributed by atoms with E-state index in [0.29, 0.717) is 5.92 Å². The topological polar surface area (TPSA) is 40.1 Å². The van der Waals surface area contributed by atoms with E-state index in [0.717, 1.165) is 51.9 Å². The van der Waals surface area contributed by atoms with Crippen LogP contribution in [-0.4, -0.2) is 69.2 Å². The Morgan fingerprint density at radius 2 is 1.96 bits per heavy atom. The fourth-order valence-electron chi connectivity index (χ4n) is 2.87. The van der Waals surface area contributed by atoms with Crippen LogP contribution in [0.1, 0.15) is 12.5 Å². The molecule has 1 atom stereocenters. The highest BCUT2D eigenvalue weighted by Gasteiger charge is 2.14. The molecule has 0 aromatic heterocycles. The van der Waals surface area contributed by atoms with E-state index in [-0.39, 0.29) is 24.0 Å². The summed E-state index contributed by atoms with van der Waals surface area (Å²) in [7, 11) is 3.92. The summed E-state index contributed by atoms with van der Waals surface area (Å²) in [5.41, 5.74) is 1.29. The second-order valence-corrected chi connectivity index (χ2v) is 6.29. The number of hydrogen-bond donors (Lipinski definition) is 1. The summed E-state index contributed by atoms with van der Waals surface area (Å²) in [5.74, 6) is 1.53. The van der Waals surface area contributed by atoms with Gasteiger partial charge in [-0.3, -0.25) is 9.89 Å². The van der Waals surface area contributed by atoms with Crippen LogP contribution in [0.3, 0.4) is 0 Å². The molecule has 0 radical (unpaired) electrons. The van der Waals surface area contributed by atoms with Crippen molar-refractivity contribution in [3.8, 4) is 0 Å². The summed E-state index contributed by atoms with van der Waals surface area (Å²) in [6, 6.07) is 10.5. The van der Waals surface area contributed by atoms with Crippen molar-refractivity contribution in [1.29, 1.82) is 0 Å². The Hall–Kier alpha value is -0.860. The van der Waals surface area contributed by atoms with Crippen molar-refractivity contribution in [2.45, 2.75) is 13.5 Å². The third kappa shape index (κ3) is 7.36. The monoisotopic (exact) mass is 446 g/mol. The largest absolute Gasteiger partial charge is 0.379 e. The molecule has 0 bridgehead atoms. The number of hydrogen-bond acceptors (Lipinski definition) is 3. The van der Waals surface area contributed by atoms with Gasteiger partial charge in [-0.1, -0.05) is 37.3 Å². The van der Waals surface area contributed by atoms with Crippen LogP contribution in [0.15, 0.2) is 35.3 Å². The first-order valence-corrected chi connectivity index (χ1v) is 8.45. The van der Waals surface area contributed by atoms with Crippen LogP contribution in [0, 0.1) is 5.92 Å². The van der Waals surface area contributed by atoms with Crippen LogP contribution in [0.25, 0.3) is 0 Å². The molecule has 1 aromatic carbocycles. The van der Waals surface area contributed by atoms with Crippen molar-refractivity contribution in [3.63, 3.8) is 0 Å². The van der Waals surface area contributed by atoms with Crippen LogP contribution in [0.5, 0.6) is 0 Å². The number of guanidine groups is 1. The molecular weight excluding hydrogens is 415 g/mol. The van der Waals surface area contributed by atoms with Gasteiger partial charge in [-0.25, -0.2) is 0 Å². The van der Waals surface area contributed by atoms with Gasteiger partial charge in [0.2, 0.25) is 0 Å². The van der Waals surface area contributed by atoms with Crippen molar-refractivity contribution in [1.82, 2.24) is 15.1 Å². The summed E-state index contributed by atoms with van der Waals surface area (Å²) in [5, 5.41) is 3.50. The summed E-state index contributed by atoms with van der Waals surface area (Å²) in [6.07, 6.45) is 0. The summed E-state index contributed by atoms with van der Waals surface area (Å²) >= 11 is 0. The Balaban J connectivity index is 0.00000288. The molecule has 1 unspecified atom stereocenters. The standard InChI is InChI=1S/C18H30N4O.HI/c1-16(14-22-9-11-23-12-10-22)13-20-18(19-2)21(3)15-17-7-5-4-6-8-17;/h4-8,16H,9-15H2,1-3H3,(H,19,20);1H. The lowest BCUT2D eigenvalue weighted by Crippen LogP contribution is -2.44. The molecule has 1 fully saturated rings. The first-order valence-electron chi connectivity index (χ1n) is 8.45. The Morgan fingerprint density at radius 3 is 2.58 bits per heavy atom. The van der Waals surface area contributed by atoms with Gasteiger partial charge in [0.25, 0.3) is 0 Å². The van der Waals surface area contributed by atoms with E-state index in [4.69, 9.17) is 4.74 Å². The van der Waals surface area contributed by atoms with Crippen LogP contribution < -0.4 is 5.32 Å². The smallest absolute Gasteiger partial charge is 0.193 e. The third-order valence-corrected chi connectivity index (χ3v) is 4.12. The molecule has 0 saturated carbocycles. The van der Waals surface area contributed by atoms with Crippen molar-refractivity contribution in [2.75, 3.05) is 53.5 Å². The number of benzene rings is 1. The van der Waals surface area contributed by atoms with Gasteiger partial charge in [-0.05, 0) is 11.5 Å². The highest BCUT2D eigenvalue weighted by molar-refractivity contribution is 14.0. The molecule has 0 aliphatic carbocycles. The second-order valence-electron chi connectivity index (χ2n) is 6.29. The number of morpholine rings is 1. The van der Waals surface area contributed by atoms with Crippen molar-refractivity contribution >= 4 is 29.9 Å². The van der Waals surface area contributed by atoms with Gasteiger partial charge in [-0.2, -0.15) is 0 Å². The molecule has 1 aliphatic heterocycles. The molecule has 136 valence electrons. The fourth-order valence-corrected chi connectivity index (χ4v) is 2.87. The minimum Gasteiger partial charge on any atom is -0.379 e. The van der Waals surface area contributed by atoms with Gasteiger partial charge in [-0.15, -0.1) is 24.0 Å². The lowest BCUT2D eigenvalue weighted by molar-refractivity contribution is 0.0320. The molecule has 1 heterocycles. The molecular formula is C18H31IN4O. The minimum atomic E-state index is 0. The fraction of sp³-hybridized carbons (Fsp3) is 0.611. The Kier molecular flexibility index (Phi) is 10.3.